The Kier molecular flexibility index (Phi) is 4.64. The first-order valence-electron chi connectivity index (χ1n) is 5.24. The largest absolute Gasteiger partial charge is 0.393 e. The number of carbonyl (C=O) groups is 1. The van der Waals surface area contributed by atoms with Crippen LogP contribution in [0.4, 0.5) is 4.53 Å². The summed E-state index contributed by atoms with van der Waals surface area (Å²) in [6.45, 7) is 4.08. The van der Waals surface area contributed by atoms with E-state index in [1.54, 1.807) is 0 Å². The Morgan fingerprint density at radius 3 is 2.88 bits per heavy atom. The Morgan fingerprint density at radius 1 is 1.69 bits per heavy atom. The maximum Gasteiger partial charge on any atom is 0.351 e. The lowest BCUT2D eigenvalue weighted by Crippen LogP contribution is -2.22. The zero-order chi connectivity index (χ0) is 12.2. The van der Waals surface area contributed by atoms with E-state index in [2.05, 4.69) is 4.94 Å². The monoisotopic (exact) mass is 236 g/mol. The van der Waals surface area contributed by atoms with Crippen molar-refractivity contribution in [1.82, 2.24) is 0 Å². The molecule has 0 radical (unpaired) electrons. The number of hydrogen-bond donors (Lipinski definition) is 1. The van der Waals surface area contributed by atoms with Crippen molar-refractivity contribution in [3.05, 3.63) is 0 Å². The number of aliphatic hydroxyl groups excluding tert-OH is 1. The smallest absolute Gasteiger partial charge is 0.351 e. The number of rotatable bonds is 5. The molecule has 1 aliphatic heterocycles. The summed E-state index contributed by atoms with van der Waals surface area (Å²) in [7, 11) is 0. The summed E-state index contributed by atoms with van der Waals surface area (Å²) < 4.78 is 22.2. The summed E-state index contributed by atoms with van der Waals surface area (Å²) in [4.78, 5) is 13.5. The fraction of sp³-hybridized carbons (Fsp3) is 0.900. The topological polar surface area (TPSA) is 65.0 Å². The van der Waals surface area contributed by atoms with E-state index < -0.39 is 17.9 Å². The van der Waals surface area contributed by atoms with Crippen LogP contribution in [0, 0.1) is 0 Å². The summed E-state index contributed by atoms with van der Waals surface area (Å²) in [5, 5.41) is 9.38. The van der Waals surface area contributed by atoms with Gasteiger partial charge in [0, 0.05) is 4.53 Å². The van der Waals surface area contributed by atoms with Crippen LogP contribution in [0.1, 0.15) is 33.1 Å². The van der Waals surface area contributed by atoms with Crippen LogP contribution in [0.5, 0.6) is 0 Å². The van der Waals surface area contributed by atoms with Gasteiger partial charge in [0.1, 0.15) is 0 Å². The van der Waals surface area contributed by atoms with E-state index in [1.165, 1.54) is 0 Å². The number of halogens is 1. The molecule has 1 rings (SSSR count). The van der Waals surface area contributed by atoms with Crippen LogP contribution < -0.4 is 0 Å². The van der Waals surface area contributed by atoms with Crippen molar-refractivity contribution >= 4 is 5.97 Å². The van der Waals surface area contributed by atoms with Crippen molar-refractivity contribution in [3.63, 3.8) is 0 Å². The molecular formula is C10H17FO5. The Hall–Kier alpha value is -0.720. The molecule has 2 unspecified atom stereocenters. The fourth-order valence-corrected chi connectivity index (χ4v) is 1.61. The van der Waals surface area contributed by atoms with E-state index >= 15 is 0 Å². The second kappa shape index (κ2) is 5.56. The number of carbonyl (C=O) groups excluding carboxylic acids is 1. The first-order valence-corrected chi connectivity index (χ1v) is 5.24. The molecule has 1 aliphatic rings. The maximum atomic E-state index is 11.4. The van der Waals surface area contributed by atoms with Crippen molar-refractivity contribution in [3.8, 4) is 0 Å². The number of hydrogen-bond acceptors (Lipinski definition) is 5. The van der Waals surface area contributed by atoms with E-state index in [0.29, 0.717) is 19.4 Å². The summed E-state index contributed by atoms with van der Waals surface area (Å²) in [6.07, 6.45) is -0.432. The molecule has 1 N–H and O–H groups in total. The molecule has 1 saturated heterocycles. The Labute approximate surface area is 93.4 Å². The average molecular weight is 236 g/mol. The molecule has 0 amide bonds. The van der Waals surface area contributed by atoms with Gasteiger partial charge in [-0.1, -0.05) is 0 Å². The Morgan fingerprint density at radius 2 is 2.38 bits per heavy atom. The Bertz CT molecular complexity index is 243. The highest BCUT2D eigenvalue weighted by Crippen LogP contribution is 2.25. The molecule has 16 heavy (non-hydrogen) atoms. The Balaban J connectivity index is 2.18. The molecule has 0 spiro atoms. The van der Waals surface area contributed by atoms with Crippen molar-refractivity contribution in [2.45, 2.75) is 51.1 Å². The minimum absolute atomic E-state index is 0.0916. The minimum atomic E-state index is -1.06. The van der Waals surface area contributed by atoms with Crippen LogP contribution in [0.2, 0.25) is 0 Å². The van der Waals surface area contributed by atoms with E-state index in [0.717, 1.165) is 0 Å². The van der Waals surface area contributed by atoms with E-state index in [4.69, 9.17) is 9.47 Å². The molecule has 1 heterocycles. The third-order valence-corrected chi connectivity index (χ3v) is 2.38. The second-order valence-corrected chi connectivity index (χ2v) is 4.34. The van der Waals surface area contributed by atoms with Gasteiger partial charge in [-0.25, -0.2) is 4.79 Å². The quantitative estimate of drug-likeness (QED) is 0.774. The predicted molar refractivity (Wildman–Crippen MR) is 52.0 cm³/mol. The van der Waals surface area contributed by atoms with Gasteiger partial charge >= 0.3 is 5.97 Å². The molecule has 6 heteroatoms. The third kappa shape index (κ3) is 4.42. The van der Waals surface area contributed by atoms with Gasteiger partial charge in [0.25, 0.3) is 0 Å². The van der Waals surface area contributed by atoms with Gasteiger partial charge in [0.05, 0.1) is 25.2 Å². The standard InChI is InChI=1S/C10H17FO5/c1-10(2)14-6-8(15-10)4-3-7(12)5-9(13)16-11/h7-8,12H,3-6H2,1-2H3. The first kappa shape index (κ1) is 13.3. The molecule has 0 aliphatic carbocycles. The normalized spacial score (nSPS) is 25.4. The van der Waals surface area contributed by atoms with Gasteiger partial charge in [0.15, 0.2) is 5.79 Å². The lowest BCUT2D eigenvalue weighted by Gasteiger charge is -2.17. The summed E-state index contributed by atoms with van der Waals surface area (Å²) in [5.74, 6) is -1.65. The zero-order valence-corrected chi connectivity index (χ0v) is 9.44. The highest BCUT2D eigenvalue weighted by Gasteiger charge is 2.32. The highest BCUT2D eigenvalue weighted by molar-refractivity contribution is 5.69. The predicted octanol–water partition coefficient (Wildman–Crippen LogP) is 1.10. The summed E-state index contributed by atoms with van der Waals surface area (Å²) in [6, 6.07) is 0. The highest BCUT2D eigenvalue weighted by atomic mass is 19.3. The van der Waals surface area contributed by atoms with E-state index in [-0.39, 0.29) is 12.5 Å². The van der Waals surface area contributed by atoms with Gasteiger partial charge in [0.2, 0.25) is 0 Å². The van der Waals surface area contributed by atoms with Gasteiger partial charge in [-0.15, -0.1) is 0 Å². The zero-order valence-electron chi connectivity index (χ0n) is 9.44. The van der Waals surface area contributed by atoms with Crippen molar-refractivity contribution in [2.75, 3.05) is 6.61 Å². The molecule has 0 aromatic carbocycles. The van der Waals surface area contributed by atoms with Crippen LogP contribution in [0.25, 0.3) is 0 Å². The van der Waals surface area contributed by atoms with Crippen LogP contribution in [-0.2, 0) is 19.2 Å². The summed E-state index contributed by atoms with van der Waals surface area (Å²) >= 11 is 0. The molecule has 5 nitrogen and oxygen atoms in total. The molecule has 2 atom stereocenters. The fourth-order valence-electron chi connectivity index (χ4n) is 1.61. The van der Waals surface area contributed by atoms with E-state index in [9.17, 15) is 14.4 Å². The van der Waals surface area contributed by atoms with Crippen LogP contribution >= 0.6 is 0 Å². The summed E-state index contributed by atoms with van der Waals surface area (Å²) in [5.41, 5.74) is 0. The molecule has 0 aromatic rings. The minimum Gasteiger partial charge on any atom is -0.393 e. The lowest BCUT2D eigenvalue weighted by molar-refractivity contribution is -0.186. The van der Waals surface area contributed by atoms with Crippen LogP contribution in [0.15, 0.2) is 0 Å². The SMILES string of the molecule is CC1(C)OCC(CCC(O)CC(=O)OF)O1. The van der Waals surface area contributed by atoms with Gasteiger partial charge in [-0.2, -0.15) is 0 Å². The number of aliphatic hydroxyl groups is 1. The van der Waals surface area contributed by atoms with Crippen LogP contribution in [0.3, 0.4) is 0 Å². The average Bonchev–Trinajstić information content (AvgIpc) is 2.55. The number of ether oxygens (including phenoxy) is 2. The molecule has 0 bridgehead atoms. The molecule has 0 saturated carbocycles. The van der Waals surface area contributed by atoms with Crippen molar-refractivity contribution in [1.29, 1.82) is 0 Å². The molecule has 1 fully saturated rings. The van der Waals surface area contributed by atoms with Crippen molar-refractivity contribution in [2.24, 2.45) is 0 Å². The molecular weight excluding hydrogens is 219 g/mol. The third-order valence-electron chi connectivity index (χ3n) is 2.38. The molecule has 0 aromatic heterocycles. The van der Waals surface area contributed by atoms with Crippen LogP contribution in [-0.4, -0.2) is 35.7 Å². The van der Waals surface area contributed by atoms with Gasteiger partial charge in [-0.3, -0.25) is 4.94 Å². The lowest BCUT2D eigenvalue weighted by atomic mass is 10.1. The van der Waals surface area contributed by atoms with Crippen molar-refractivity contribution < 1.29 is 28.8 Å². The maximum absolute atomic E-state index is 11.4. The van der Waals surface area contributed by atoms with Gasteiger partial charge in [-0.05, 0) is 26.7 Å². The first-order chi connectivity index (χ1) is 7.43. The molecule has 94 valence electrons. The van der Waals surface area contributed by atoms with E-state index in [1.807, 2.05) is 13.8 Å². The second-order valence-electron chi connectivity index (χ2n) is 4.34. The van der Waals surface area contributed by atoms with Gasteiger partial charge < -0.3 is 14.6 Å².